The molecule has 8 nitrogen and oxygen atoms in total. The maximum absolute atomic E-state index is 12.6. The lowest BCUT2D eigenvalue weighted by Gasteiger charge is -2.12. The molecule has 29 heavy (non-hydrogen) atoms. The van der Waals surface area contributed by atoms with E-state index in [9.17, 15) is 14.4 Å². The number of amides is 1. The second kappa shape index (κ2) is 9.01. The van der Waals surface area contributed by atoms with Gasteiger partial charge in [-0.1, -0.05) is 30.3 Å². The number of nitrogens with one attached hydrogen (secondary N) is 1. The monoisotopic (exact) mass is 395 g/mol. The zero-order chi connectivity index (χ0) is 20.8. The van der Waals surface area contributed by atoms with Crippen molar-refractivity contribution in [2.45, 2.75) is 20.4 Å². The van der Waals surface area contributed by atoms with Crippen LogP contribution in [-0.4, -0.2) is 34.9 Å². The van der Waals surface area contributed by atoms with Crippen molar-refractivity contribution in [1.29, 1.82) is 0 Å². The zero-order valence-electron chi connectivity index (χ0n) is 16.2. The van der Waals surface area contributed by atoms with Crippen LogP contribution < -0.4 is 15.6 Å². The van der Waals surface area contributed by atoms with Gasteiger partial charge in [0.1, 0.15) is 5.75 Å². The summed E-state index contributed by atoms with van der Waals surface area (Å²) in [6.45, 7) is 3.85. The molecule has 0 atom stereocenters. The summed E-state index contributed by atoms with van der Waals surface area (Å²) < 4.78 is 11.8. The van der Waals surface area contributed by atoms with E-state index in [0.717, 1.165) is 0 Å². The normalized spacial score (nSPS) is 10.6. The van der Waals surface area contributed by atoms with E-state index in [4.69, 9.17) is 9.47 Å². The van der Waals surface area contributed by atoms with Gasteiger partial charge in [0.15, 0.2) is 12.3 Å². The average Bonchev–Trinajstić information content (AvgIpc) is 2.74. The smallest absolute Gasteiger partial charge is 0.359 e. The van der Waals surface area contributed by atoms with Gasteiger partial charge in [0.05, 0.1) is 17.7 Å². The van der Waals surface area contributed by atoms with Gasteiger partial charge in [0.25, 0.3) is 11.5 Å². The molecule has 1 N–H and O–H groups in total. The third-order valence-corrected chi connectivity index (χ3v) is 4.16. The van der Waals surface area contributed by atoms with E-state index in [1.807, 2.05) is 6.92 Å². The number of hydrogen-bond acceptors (Lipinski definition) is 6. The number of carbonyl (C=O) groups excluding carboxylic acids is 2. The van der Waals surface area contributed by atoms with E-state index in [1.54, 1.807) is 55.5 Å². The van der Waals surface area contributed by atoms with Crippen molar-refractivity contribution < 1.29 is 19.1 Å². The Morgan fingerprint density at radius 2 is 1.72 bits per heavy atom. The Bertz CT molecular complexity index is 1110. The van der Waals surface area contributed by atoms with Gasteiger partial charge in [-0.15, -0.1) is 0 Å². The number of esters is 1. The lowest BCUT2D eigenvalue weighted by Crippen LogP contribution is -2.27. The second-order valence-electron chi connectivity index (χ2n) is 6.07. The molecule has 1 aromatic heterocycles. The first-order valence-corrected chi connectivity index (χ1v) is 9.23. The topological polar surface area (TPSA) is 99.5 Å². The standard InChI is InChI=1S/C21H21N3O5/c1-3-24-20(26)15-10-6-5-9-14(15)19(23-24)21(27)29-13-18(25)22-16-11-7-8-12-17(16)28-4-2/h5-12H,3-4,13H2,1-2H3,(H,22,25). The summed E-state index contributed by atoms with van der Waals surface area (Å²) in [5, 5.41) is 7.50. The Kier molecular flexibility index (Phi) is 6.23. The predicted octanol–water partition coefficient (Wildman–Crippen LogP) is 2.61. The fraction of sp³-hybridized carbons (Fsp3) is 0.238. The first-order chi connectivity index (χ1) is 14.0. The number of hydrogen-bond donors (Lipinski definition) is 1. The van der Waals surface area contributed by atoms with Crippen LogP contribution in [0.25, 0.3) is 10.8 Å². The van der Waals surface area contributed by atoms with Gasteiger partial charge in [0, 0.05) is 11.9 Å². The second-order valence-corrected chi connectivity index (χ2v) is 6.07. The number of rotatable bonds is 7. The number of aryl methyl sites for hydroxylation is 1. The number of nitrogens with zero attached hydrogens (tertiary/aromatic N) is 2. The van der Waals surface area contributed by atoms with Crippen molar-refractivity contribution in [2.24, 2.45) is 0 Å². The fourth-order valence-corrected chi connectivity index (χ4v) is 2.84. The average molecular weight is 395 g/mol. The molecule has 0 aliphatic rings. The van der Waals surface area contributed by atoms with Gasteiger partial charge in [-0.25, -0.2) is 9.48 Å². The van der Waals surface area contributed by atoms with Crippen LogP contribution in [0.1, 0.15) is 24.3 Å². The SMILES string of the molecule is CCOc1ccccc1NC(=O)COC(=O)c1nn(CC)c(=O)c2ccccc12. The summed E-state index contributed by atoms with van der Waals surface area (Å²) >= 11 is 0. The molecular formula is C21H21N3O5. The molecule has 0 unspecified atom stereocenters. The van der Waals surface area contributed by atoms with Gasteiger partial charge in [-0.05, 0) is 32.0 Å². The third-order valence-electron chi connectivity index (χ3n) is 4.16. The highest BCUT2D eigenvalue weighted by atomic mass is 16.5. The summed E-state index contributed by atoms with van der Waals surface area (Å²) in [4.78, 5) is 37.1. The molecule has 2 aromatic carbocycles. The summed E-state index contributed by atoms with van der Waals surface area (Å²) in [5.74, 6) is -0.771. The molecule has 0 spiro atoms. The Morgan fingerprint density at radius 3 is 2.45 bits per heavy atom. The van der Waals surface area contributed by atoms with Crippen LogP contribution >= 0.6 is 0 Å². The highest BCUT2D eigenvalue weighted by molar-refractivity contribution is 6.03. The molecule has 0 radical (unpaired) electrons. The van der Waals surface area contributed by atoms with Crippen molar-refractivity contribution in [2.75, 3.05) is 18.5 Å². The van der Waals surface area contributed by atoms with Crippen molar-refractivity contribution in [3.63, 3.8) is 0 Å². The third kappa shape index (κ3) is 4.43. The highest BCUT2D eigenvalue weighted by Gasteiger charge is 2.19. The number of anilines is 1. The molecule has 150 valence electrons. The molecular weight excluding hydrogens is 374 g/mol. The molecule has 0 saturated heterocycles. The summed E-state index contributed by atoms with van der Waals surface area (Å²) in [7, 11) is 0. The van der Waals surface area contributed by atoms with Gasteiger partial charge < -0.3 is 14.8 Å². The number of ether oxygens (including phenoxy) is 2. The summed E-state index contributed by atoms with van der Waals surface area (Å²) in [5.41, 5.74) is 0.188. The van der Waals surface area contributed by atoms with Crippen LogP contribution in [0.4, 0.5) is 5.69 Å². The van der Waals surface area contributed by atoms with Crippen molar-refractivity contribution >= 4 is 28.3 Å². The lowest BCUT2D eigenvalue weighted by molar-refractivity contribution is -0.119. The molecule has 3 rings (SSSR count). The van der Waals surface area contributed by atoms with Crippen molar-refractivity contribution in [3.05, 3.63) is 64.6 Å². The first-order valence-electron chi connectivity index (χ1n) is 9.23. The van der Waals surface area contributed by atoms with Crippen LogP contribution in [0, 0.1) is 0 Å². The molecule has 1 heterocycles. The van der Waals surface area contributed by atoms with Crippen molar-refractivity contribution in [3.8, 4) is 5.75 Å². The van der Waals surface area contributed by atoms with Crippen LogP contribution in [0.3, 0.4) is 0 Å². The van der Waals surface area contributed by atoms with E-state index in [-0.39, 0.29) is 11.3 Å². The van der Waals surface area contributed by atoms with Gasteiger partial charge in [-0.2, -0.15) is 5.10 Å². The Hall–Kier alpha value is -3.68. The molecule has 3 aromatic rings. The maximum atomic E-state index is 12.6. The van der Waals surface area contributed by atoms with Gasteiger partial charge in [-0.3, -0.25) is 9.59 Å². The van der Waals surface area contributed by atoms with Gasteiger partial charge in [0.2, 0.25) is 0 Å². The Morgan fingerprint density at radius 1 is 1.03 bits per heavy atom. The largest absolute Gasteiger partial charge is 0.492 e. The minimum absolute atomic E-state index is 0.00966. The van der Waals surface area contributed by atoms with E-state index in [2.05, 4.69) is 10.4 Å². The molecule has 0 aliphatic heterocycles. The molecule has 0 saturated carbocycles. The van der Waals surface area contributed by atoms with Crippen LogP contribution in [0.5, 0.6) is 5.75 Å². The number of aromatic nitrogens is 2. The quantitative estimate of drug-likeness (QED) is 0.618. The van der Waals surface area contributed by atoms with Crippen LogP contribution in [0.15, 0.2) is 53.3 Å². The minimum Gasteiger partial charge on any atom is -0.492 e. The fourth-order valence-electron chi connectivity index (χ4n) is 2.84. The lowest BCUT2D eigenvalue weighted by atomic mass is 10.1. The predicted molar refractivity (Wildman–Crippen MR) is 108 cm³/mol. The zero-order valence-corrected chi connectivity index (χ0v) is 16.2. The first kappa shape index (κ1) is 20.1. The van der Waals surface area contributed by atoms with E-state index in [0.29, 0.717) is 35.4 Å². The number of benzene rings is 2. The molecule has 0 aliphatic carbocycles. The summed E-state index contributed by atoms with van der Waals surface area (Å²) in [6.07, 6.45) is 0. The molecule has 1 amide bonds. The highest BCUT2D eigenvalue weighted by Crippen LogP contribution is 2.23. The summed E-state index contributed by atoms with van der Waals surface area (Å²) in [6, 6.07) is 13.6. The maximum Gasteiger partial charge on any atom is 0.359 e. The molecule has 0 fully saturated rings. The molecule has 8 heteroatoms. The van der Waals surface area contributed by atoms with E-state index >= 15 is 0 Å². The van der Waals surface area contributed by atoms with Crippen LogP contribution in [-0.2, 0) is 16.1 Å². The van der Waals surface area contributed by atoms with E-state index < -0.39 is 18.5 Å². The Labute approximate surface area is 167 Å². The number of para-hydroxylation sites is 2. The van der Waals surface area contributed by atoms with Crippen LogP contribution in [0.2, 0.25) is 0 Å². The minimum atomic E-state index is -0.781. The number of carbonyl (C=O) groups is 2. The number of fused-ring (bicyclic) bond motifs is 1. The van der Waals surface area contributed by atoms with Gasteiger partial charge >= 0.3 is 5.97 Å². The van der Waals surface area contributed by atoms with E-state index in [1.165, 1.54) is 4.68 Å². The Balaban J connectivity index is 1.75. The molecule has 0 bridgehead atoms. The van der Waals surface area contributed by atoms with Crippen molar-refractivity contribution in [1.82, 2.24) is 9.78 Å².